The van der Waals surface area contributed by atoms with E-state index in [0.29, 0.717) is 0 Å². The maximum atomic E-state index is 12.0. The predicted octanol–water partition coefficient (Wildman–Crippen LogP) is 3.98. The van der Waals surface area contributed by atoms with E-state index in [1.807, 2.05) is 13.8 Å². The van der Waals surface area contributed by atoms with E-state index in [1.54, 1.807) is 13.8 Å². The molecule has 0 radical (unpaired) electrons. The first-order chi connectivity index (χ1) is 4.72. The van der Waals surface area contributed by atoms with Crippen molar-refractivity contribution in [2.75, 3.05) is 0 Å². The van der Waals surface area contributed by atoms with Crippen LogP contribution in [-0.4, -0.2) is 0 Å². The second kappa shape index (κ2) is 8.60. The molecule has 0 aromatic rings. The summed E-state index contributed by atoms with van der Waals surface area (Å²) in [6.45, 7) is 7.18. The molecule has 2 heteroatoms. The smallest absolute Gasteiger partial charge is 0.131 e. The summed E-state index contributed by atoms with van der Waals surface area (Å²) in [6, 6.07) is 0. The average molecular weight is 150 g/mol. The zero-order valence-corrected chi connectivity index (χ0v) is 7.17. The molecule has 0 N–H and O–H groups in total. The fourth-order valence-corrected chi connectivity index (χ4v) is 0.384. The maximum Gasteiger partial charge on any atom is 0.131 e. The Labute approximate surface area is 61.9 Å². The Kier molecular flexibility index (Phi) is 10.6. The van der Waals surface area contributed by atoms with Gasteiger partial charge in [-0.2, -0.15) is 0 Å². The van der Waals surface area contributed by atoms with Crippen molar-refractivity contribution in [2.45, 2.75) is 40.5 Å². The summed E-state index contributed by atoms with van der Waals surface area (Å²) in [7, 11) is 0. The van der Waals surface area contributed by atoms with Crippen LogP contribution in [0.5, 0.6) is 0 Å². The number of hydrogen-bond donors (Lipinski definition) is 0. The number of allylic oxidation sites excluding steroid dienone is 2. The standard InChI is InChI=1S/C6H10F2.C2H6/c1-3-5(7)6(8)4-2;1-2/h3-4H2,1-2H3;1-2H3/b6-5-;. The number of halogens is 2. The maximum absolute atomic E-state index is 12.0. The molecule has 0 atom stereocenters. The monoisotopic (exact) mass is 150 g/mol. The van der Waals surface area contributed by atoms with E-state index in [9.17, 15) is 8.78 Å². The highest BCUT2D eigenvalue weighted by Gasteiger charge is 1.98. The summed E-state index contributed by atoms with van der Waals surface area (Å²) in [5, 5.41) is 0. The Hall–Kier alpha value is -0.400. The van der Waals surface area contributed by atoms with E-state index in [0.717, 1.165) is 0 Å². The largest absolute Gasteiger partial charge is 0.209 e. The van der Waals surface area contributed by atoms with Crippen LogP contribution in [0, 0.1) is 0 Å². The van der Waals surface area contributed by atoms with Crippen molar-refractivity contribution in [3.8, 4) is 0 Å². The van der Waals surface area contributed by atoms with Gasteiger partial charge in [0, 0.05) is 0 Å². The van der Waals surface area contributed by atoms with Gasteiger partial charge in [-0.15, -0.1) is 0 Å². The normalized spacial score (nSPS) is 11.4. The van der Waals surface area contributed by atoms with Crippen LogP contribution in [0.25, 0.3) is 0 Å². The molecule has 0 heterocycles. The van der Waals surface area contributed by atoms with E-state index >= 15 is 0 Å². The fraction of sp³-hybridized carbons (Fsp3) is 0.750. The van der Waals surface area contributed by atoms with Crippen molar-refractivity contribution >= 4 is 0 Å². The van der Waals surface area contributed by atoms with Gasteiger partial charge in [0.1, 0.15) is 11.7 Å². The van der Waals surface area contributed by atoms with Crippen LogP contribution in [0.2, 0.25) is 0 Å². The lowest BCUT2D eigenvalue weighted by atomic mass is 10.3. The SMILES string of the molecule is CC.CC/C(F)=C(/F)CC. The van der Waals surface area contributed by atoms with Gasteiger partial charge in [-0.1, -0.05) is 27.7 Å². The van der Waals surface area contributed by atoms with Crippen molar-refractivity contribution < 1.29 is 8.78 Å². The van der Waals surface area contributed by atoms with Crippen molar-refractivity contribution in [1.82, 2.24) is 0 Å². The molecular formula is C8H16F2. The Balaban J connectivity index is 0. The minimum absolute atomic E-state index is 0.166. The van der Waals surface area contributed by atoms with Crippen LogP contribution in [0.3, 0.4) is 0 Å². The molecule has 0 aliphatic carbocycles. The second-order valence-electron chi connectivity index (χ2n) is 1.52. The zero-order chi connectivity index (χ0) is 8.57. The minimum Gasteiger partial charge on any atom is -0.209 e. The van der Waals surface area contributed by atoms with Crippen LogP contribution in [0.4, 0.5) is 8.78 Å². The fourth-order valence-electron chi connectivity index (χ4n) is 0.384. The number of hydrogen-bond acceptors (Lipinski definition) is 0. The second-order valence-corrected chi connectivity index (χ2v) is 1.52. The van der Waals surface area contributed by atoms with E-state index in [-0.39, 0.29) is 12.8 Å². The molecule has 0 aromatic carbocycles. The van der Waals surface area contributed by atoms with Crippen molar-refractivity contribution in [2.24, 2.45) is 0 Å². The van der Waals surface area contributed by atoms with Gasteiger partial charge in [-0.25, -0.2) is 8.78 Å². The molecule has 0 fully saturated rings. The molecular weight excluding hydrogens is 134 g/mol. The van der Waals surface area contributed by atoms with Crippen LogP contribution in [0.15, 0.2) is 11.7 Å². The van der Waals surface area contributed by atoms with Gasteiger partial charge in [0.2, 0.25) is 0 Å². The summed E-state index contributed by atoms with van der Waals surface area (Å²) in [6.07, 6.45) is 0.333. The first-order valence-corrected chi connectivity index (χ1v) is 3.75. The van der Waals surface area contributed by atoms with Crippen LogP contribution in [0.1, 0.15) is 40.5 Å². The van der Waals surface area contributed by atoms with Crippen molar-refractivity contribution in [3.05, 3.63) is 11.7 Å². The lowest BCUT2D eigenvalue weighted by Crippen LogP contribution is -1.75. The summed E-state index contributed by atoms with van der Waals surface area (Å²) in [5.74, 6) is -1.24. The molecule has 0 saturated carbocycles. The first kappa shape index (κ1) is 12.3. The molecule has 0 rings (SSSR count). The Morgan fingerprint density at radius 2 is 1.10 bits per heavy atom. The summed E-state index contributed by atoms with van der Waals surface area (Å²) < 4.78 is 24.1. The topological polar surface area (TPSA) is 0 Å². The molecule has 0 nitrogen and oxygen atoms in total. The van der Waals surface area contributed by atoms with Gasteiger partial charge in [-0.3, -0.25) is 0 Å². The van der Waals surface area contributed by atoms with Crippen molar-refractivity contribution in [3.63, 3.8) is 0 Å². The van der Waals surface area contributed by atoms with Gasteiger partial charge in [0.15, 0.2) is 0 Å². The van der Waals surface area contributed by atoms with E-state index < -0.39 is 11.7 Å². The molecule has 0 amide bonds. The average Bonchev–Trinajstić information content (AvgIpc) is 2.05. The molecule has 0 saturated heterocycles. The van der Waals surface area contributed by atoms with Gasteiger partial charge in [0.05, 0.1) is 0 Å². The van der Waals surface area contributed by atoms with Gasteiger partial charge in [0.25, 0.3) is 0 Å². The molecule has 0 aromatic heterocycles. The molecule has 0 aliphatic rings. The molecule has 0 spiro atoms. The summed E-state index contributed by atoms with van der Waals surface area (Å²) >= 11 is 0. The van der Waals surface area contributed by atoms with E-state index in [4.69, 9.17) is 0 Å². The quantitative estimate of drug-likeness (QED) is 0.558. The Morgan fingerprint density at radius 1 is 0.900 bits per heavy atom. The van der Waals surface area contributed by atoms with Gasteiger partial charge < -0.3 is 0 Å². The van der Waals surface area contributed by atoms with Crippen LogP contribution < -0.4 is 0 Å². The highest BCUT2D eigenvalue weighted by atomic mass is 19.2. The zero-order valence-electron chi connectivity index (χ0n) is 7.17. The lowest BCUT2D eigenvalue weighted by molar-refractivity contribution is 0.500. The van der Waals surface area contributed by atoms with Gasteiger partial charge >= 0.3 is 0 Å². The van der Waals surface area contributed by atoms with E-state index in [2.05, 4.69) is 0 Å². The van der Waals surface area contributed by atoms with Crippen LogP contribution in [-0.2, 0) is 0 Å². The minimum atomic E-state index is -0.618. The summed E-state index contributed by atoms with van der Waals surface area (Å²) in [5.41, 5.74) is 0. The molecule has 62 valence electrons. The summed E-state index contributed by atoms with van der Waals surface area (Å²) in [4.78, 5) is 0. The Morgan fingerprint density at radius 3 is 1.20 bits per heavy atom. The Bertz CT molecular complexity index is 83.4. The first-order valence-electron chi connectivity index (χ1n) is 3.75. The third-order valence-corrected chi connectivity index (χ3v) is 0.915. The number of rotatable bonds is 2. The highest BCUT2D eigenvalue weighted by Crippen LogP contribution is 2.13. The molecule has 0 unspecified atom stereocenters. The molecule has 0 bridgehead atoms. The molecule has 0 aliphatic heterocycles. The lowest BCUT2D eigenvalue weighted by Gasteiger charge is -1.90. The van der Waals surface area contributed by atoms with E-state index in [1.165, 1.54) is 0 Å². The third kappa shape index (κ3) is 5.73. The van der Waals surface area contributed by atoms with Crippen molar-refractivity contribution in [1.29, 1.82) is 0 Å². The highest BCUT2D eigenvalue weighted by molar-refractivity contribution is 4.97. The van der Waals surface area contributed by atoms with Gasteiger partial charge in [-0.05, 0) is 12.8 Å². The third-order valence-electron chi connectivity index (χ3n) is 0.915. The molecule has 10 heavy (non-hydrogen) atoms. The predicted molar refractivity (Wildman–Crippen MR) is 41.2 cm³/mol. The van der Waals surface area contributed by atoms with Crippen LogP contribution >= 0.6 is 0 Å².